The molecule has 0 spiro atoms. The van der Waals surface area contributed by atoms with Gasteiger partial charge in [0, 0.05) is 11.1 Å². The number of para-hydroxylation sites is 1. The first-order valence-corrected chi connectivity index (χ1v) is 11.1. The lowest BCUT2D eigenvalue weighted by Gasteiger charge is -2.16. The van der Waals surface area contributed by atoms with Crippen molar-refractivity contribution in [1.82, 2.24) is 25.1 Å². The number of amides is 1. The van der Waals surface area contributed by atoms with Gasteiger partial charge in [0.1, 0.15) is 18.1 Å². The molecule has 0 aliphatic heterocycles. The number of aromatic nitrogens is 4. The number of carbonyl (C=O) groups excluding carboxylic acids is 1. The van der Waals surface area contributed by atoms with Gasteiger partial charge in [-0.05, 0) is 43.3 Å². The zero-order valence-corrected chi connectivity index (χ0v) is 19.9. The Labute approximate surface area is 205 Å². The van der Waals surface area contributed by atoms with E-state index in [2.05, 4.69) is 20.6 Å². The Morgan fingerprint density at radius 1 is 1.09 bits per heavy atom. The molecule has 2 heterocycles. The molecule has 0 saturated heterocycles. The summed E-state index contributed by atoms with van der Waals surface area (Å²) in [5.41, 5.74) is 1.32. The molecule has 0 bridgehead atoms. The Bertz CT molecular complexity index is 1310. The summed E-state index contributed by atoms with van der Waals surface area (Å²) < 4.78 is 18.3. The van der Waals surface area contributed by atoms with E-state index in [0.29, 0.717) is 38.9 Å². The molecule has 0 aliphatic rings. The molecule has 0 fully saturated rings. The number of benzene rings is 2. The second-order valence-electron chi connectivity index (χ2n) is 7.14. The van der Waals surface area contributed by atoms with Crippen LogP contribution < -0.4 is 19.5 Å². The van der Waals surface area contributed by atoms with Gasteiger partial charge < -0.3 is 19.5 Å². The second-order valence-corrected chi connectivity index (χ2v) is 7.98. The molecule has 9 nitrogen and oxygen atoms in total. The molecular formula is C23H21Cl2N5O4. The highest BCUT2D eigenvalue weighted by atomic mass is 35.5. The number of ether oxygens (including phenoxy) is 3. The highest BCUT2D eigenvalue weighted by molar-refractivity contribution is 6.35. The van der Waals surface area contributed by atoms with Gasteiger partial charge in [0.15, 0.2) is 17.6 Å². The summed E-state index contributed by atoms with van der Waals surface area (Å²) >= 11 is 12.0. The molecule has 2 aromatic heterocycles. The van der Waals surface area contributed by atoms with Gasteiger partial charge in [-0.2, -0.15) is 4.52 Å². The van der Waals surface area contributed by atoms with E-state index in [9.17, 15) is 4.79 Å². The van der Waals surface area contributed by atoms with Crippen molar-refractivity contribution in [1.29, 1.82) is 0 Å². The fraction of sp³-hybridized carbons (Fsp3) is 0.217. The minimum atomic E-state index is -0.756. The number of hydrogen-bond acceptors (Lipinski definition) is 7. The third kappa shape index (κ3) is 5.32. The van der Waals surface area contributed by atoms with E-state index >= 15 is 0 Å². The average molecular weight is 502 g/mol. The Morgan fingerprint density at radius 2 is 1.91 bits per heavy atom. The van der Waals surface area contributed by atoms with Gasteiger partial charge in [-0.3, -0.25) is 4.79 Å². The van der Waals surface area contributed by atoms with E-state index in [1.54, 1.807) is 48.9 Å². The van der Waals surface area contributed by atoms with Gasteiger partial charge in [-0.1, -0.05) is 35.3 Å². The Morgan fingerprint density at radius 3 is 2.71 bits per heavy atom. The van der Waals surface area contributed by atoms with Crippen LogP contribution in [0.25, 0.3) is 17.0 Å². The molecule has 34 heavy (non-hydrogen) atoms. The first kappa shape index (κ1) is 23.6. The van der Waals surface area contributed by atoms with Gasteiger partial charge in [-0.15, -0.1) is 15.3 Å². The van der Waals surface area contributed by atoms with Crippen LogP contribution in [0.5, 0.6) is 17.4 Å². The molecule has 1 atom stereocenters. The summed E-state index contributed by atoms with van der Waals surface area (Å²) in [5, 5.41) is 16.4. The van der Waals surface area contributed by atoms with Crippen LogP contribution in [0.1, 0.15) is 6.92 Å². The van der Waals surface area contributed by atoms with Crippen molar-refractivity contribution >= 4 is 34.8 Å². The van der Waals surface area contributed by atoms with Crippen molar-refractivity contribution in [2.24, 2.45) is 0 Å². The molecule has 4 rings (SSSR count). The van der Waals surface area contributed by atoms with E-state index in [1.807, 2.05) is 24.3 Å². The Kier molecular flexibility index (Phi) is 7.34. The highest BCUT2D eigenvalue weighted by Gasteiger charge is 2.17. The van der Waals surface area contributed by atoms with E-state index in [4.69, 9.17) is 37.4 Å². The lowest BCUT2D eigenvalue weighted by atomic mass is 10.2. The third-order valence-corrected chi connectivity index (χ3v) is 5.33. The Balaban J connectivity index is 1.34. The summed E-state index contributed by atoms with van der Waals surface area (Å²) in [7, 11) is 1.59. The van der Waals surface area contributed by atoms with Crippen LogP contribution >= 0.6 is 23.2 Å². The maximum Gasteiger partial charge on any atom is 0.260 e. The summed E-state index contributed by atoms with van der Waals surface area (Å²) in [6.45, 7) is 2.08. The number of nitrogens with one attached hydrogen (secondary N) is 1. The maximum atomic E-state index is 12.3. The van der Waals surface area contributed by atoms with Gasteiger partial charge in [0.05, 0.1) is 24.2 Å². The van der Waals surface area contributed by atoms with Crippen molar-refractivity contribution in [2.75, 3.05) is 20.3 Å². The van der Waals surface area contributed by atoms with Crippen LogP contribution in [0.15, 0.2) is 54.6 Å². The van der Waals surface area contributed by atoms with Crippen molar-refractivity contribution < 1.29 is 19.0 Å². The summed E-state index contributed by atoms with van der Waals surface area (Å²) in [4.78, 5) is 12.3. The zero-order valence-electron chi connectivity index (χ0n) is 18.4. The normalized spacial score (nSPS) is 11.8. The highest BCUT2D eigenvalue weighted by Crippen LogP contribution is 2.29. The van der Waals surface area contributed by atoms with Crippen LogP contribution in [-0.4, -0.2) is 52.1 Å². The molecule has 4 aromatic rings. The van der Waals surface area contributed by atoms with Crippen molar-refractivity contribution in [2.45, 2.75) is 13.0 Å². The molecule has 1 N–H and O–H groups in total. The minimum Gasteiger partial charge on any atom is -0.496 e. The van der Waals surface area contributed by atoms with Gasteiger partial charge in [-0.25, -0.2) is 0 Å². The van der Waals surface area contributed by atoms with E-state index < -0.39 is 6.10 Å². The number of carbonyl (C=O) groups is 1. The number of halogens is 2. The number of nitrogens with zero attached hydrogens (tertiary/aromatic N) is 4. The summed E-state index contributed by atoms with van der Waals surface area (Å²) in [5.74, 6) is 1.61. The molecule has 2 aromatic carbocycles. The number of hydrogen-bond donors (Lipinski definition) is 1. The largest absolute Gasteiger partial charge is 0.496 e. The minimum absolute atomic E-state index is 0.199. The van der Waals surface area contributed by atoms with E-state index in [0.717, 1.165) is 5.56 Å². The lowest BCUT2D eigenvalue weighted by Crippen LogP contribution is -2.38. The molecule has 1 amide bonds. The Hall–Kier alpha value is -3.56. The van der Waals surface area contributed by atoms with Crippen LogP contribution in [0.2, 0.25) is 10.0 Å². The summed E-state index contributed by atoms with van der Waals surface area (Å²) in [6, 6.07) is 15.7. The molecule has 1 unspecified atom stereocenters. The quantitative estimate of drug-likeness (QED) is 0.345. The standard InChI is InChI=1S/C23H21Cl2N5O4/c1-14(34-19-8-7-15(24)13-17(19)25)23(31)26-11-12-33-21-10-9-20-27-28-22(30(20)29-21)16-5-3-4-6-18(16)32-2/h3-10,13-14H,11-12H2,1-2H3,(H,26,31). The zero-order chi connectivity index (χ0) is 24.1. The fourth-order valence-corrected chi connectivity index (χ4v) is 3.59. The lowest BCUT2D eigenvalue weighted by molar-refractivity contribution is -0.127. The monoisotopic (exact) mass is 501 g/mol. The average Bonchev–Trinajstić information content (AvgIpc) is 3.26. The fourth-order valence-electron chi connectivity index (χ4n) is 3.13. The SMILES string of the molecule is COc1ccccc1-c1nnc2ccc(OCCNC(=O)C(C)Oc3ccc(Cl)cc3Cl)nn12. The van der Waals surface area contributed by atoms with Gasteiger partial charge in [0.25, 0.3) is 5.91 Å². The first-order valence-electron chi connectivity index (χ1n) is 10.3. The summed E-state index contributed by atoms with van der Waals surface area (Å²) in [6.07, 6.45) is -0.756. The van der Waals surface area contributed by atoms with E-state index in [-0.39, 0.29) is 19.1 Å². The topological polar surface area (TPSA) is 99.9 Å². The molecule has 176 valence electrons. The smallest absolute Gasteiger partial charge is 0.260 e. The molecule has 0 aliphatic carbocycles. The third-order valence-electron chi connectivity index (χ3n) is 4.80. The van der Waals surface area contributed by atoms with Crippen molar-refractivity contribution in [3.05, 3.63) is 64.6 Å². The molecule has 0 saturated carbocycles. The molecular weight excluding hydrogens is 481 g/mol. The second kappa shape index (κ2) is 10.6. The van der Waals surface area contributed by atoms with Gasteiger partial charge >= 0.3 is 0 Å². The molecule has 0 radical (unpaired) electrons. The number of methoxy groups -OCH3 is 1. The van der Waals surface area contributed by atoms with Crippen LogP contribution in [0.4, 0.5) is 0 Å². The van der Waals surface area contributed by atoms with E-state index in [1.165, 1.54) is 0 Å². The predicted octanol–water partition coefficient (Wildman–Crippen LogP) is 4.07. The van der Waals surface area contributed by atoms with Crippen molar-refractivity contribution in [3.8, 4) is 28.8 Å². The van der Waals surface area contributed by atoms with Crippen LogP contribution in [0.3, 0.4) is 0 Å². The predicted molar refractivity (Wildman–Crippen MR) is 128 cm³/mol. The van der Waals surface area contributed by atoms with Crippen LogP contribution in [-0.2, 0) is 4.79 Å². The number of rotatable bonds is 9. The first-order chi connectivity index (χ1) is 16.5. The van der Waals surface area contributed by atoms with Crippen LogP contribution in [0, 0.1) is 0 Å². The maximum absolute atomic E-state index is 12.3. The van der Waals surface area contributed by atoms with Crippen molar-refractivity contribution in [3.63, 3.8) is 0 Å². The van der Waals surface area contributed by atoms with Gasteiger partial charge in [0.2, 0.25) is 5.88 Å². The molecule has 11 heteroatoms. The number of fused-ring (bicyclic) bond motifs is 1.